The SMILES string of the molecule is COc1cccc2nc(-c3ccccn3)n(OC)c(=O)c12. The van der Waals surface area contributed by atoms with Crippen molar-refractivity contribution in [3.05, 3.63) is 52.9 Å². The van der Waals surface area contributed by atoms with Crippen molar-refractivity contribution in [3.63, 3.8) is 0 Å². The van der Waals surface area contributed by atoms with Gasteiger partial charge in [-0.15, -0.1) is 4.73 Å². The van der Waals surface area contributed by atoms with E-state index in [4.69, 9.17) is 9.57 Å². The van der Waals surface area contributed by atoms with E-state index in [1.807, 2.05) is 6.07 Å². The molecule has 3 rings (SSSR count). The second kappa shape index (κ2) is 5.24. The normalized spacial score (nSPS) is 10.6. The van der Waals surface area contributed by atoms with Crippen molar-refractivity contribution < 1.29 is 9.57 Å². The van der Waals surface area contributed by atoms with Gasteiger partial charge >= 0.3 is 0 Å². The van der Waals surface area contributed by atoms with Gasteiger partial charge in [0.25, 0.3) is 5.56 Å². The molecule has 0 bridgehead atoms. The molecule has 6 nitrogen and oxygen atoms in total. The minimum atomic E-state index is -0.333. The molecular weight excluding hydrogens is 270 g/mol. The average molecular weight is 283 g/mol. The zero-order chi connectivity index (χ0) is 14.8. The van der Waals surface area contributed by atoms with Crippen molar-refractivity contribution >= 4 is 10.9 Å². The van der Waals surface area contributed by atoms with E-state index in [9.17, 15) is 4.79 Å². The van der Waals surface area contributed by atoms with Crippen LogP contribution >= 0.6 is 0 Å². The first-order valence-corrected chi connectivity index (χ1v) is 6.32. The third kappa shape index (κ3) is 2.10. The third-order valence-corrected chi connectivity index (χ3v) is 3.12. The third-order valence-electron chi connectivity index (χ3n) is 3.12. The zero-order valence-corrected chi connectivity index (χ0v) is 11.6. The van der Waals surface area contributed by atoms with E-state index in [2.05, 4.69) is 9.97 Å². The predicted octanol–water partition coefficient (Wildman–Crippen LogP) is 1.53. The number of rotatable bonds is 3. The van der Waals surface area contributed by atoms with Gasteiger partial charge in [-0.2, -0.15) is 0 Å². The summed E-state index contributed by atoms with van der Waals surface area (Å²) < 4.78 is 6.35. The van der Waals surface area contributed by atoms with Crippen LogP contribution in [0.2, 0.25) is 0 Å². The Hall–Kier alpha value is -2.89. The number of ether oxygens (including phenoxy) is 1. The van der Waals surface area contributed by atoms with Gasteiger partial charge in [0.1, 0.15) is 23.9 Å². The molecule has 0 saturated heterocycles. The van der Waals surface area contributed by atoms with Crippen LogP contribution in [0.3, 0.4) is 0 Å². The molecule has 0 aliphatic rings. The van der Waals surface area contributed by atoms with Crippen molar-refractivity contribution in [3.8, 4) is 17.3 Å². The van der Waals surface area contributed by atoms with E-state index >= 15 is 0 Å². The lowest BCUT2D eigenvalue weighted by atomic mass is 10.2. The van der Waals surface area contributed by atoms with Gasteiger partial charge in [-0.05, 0) is 24.3 Å². The van der Waals surface area contributed by atoms with Gasteiger partial charge in [0.05, 0.1) is 12.6 Å². The van der Waals surface area contributed by atoms with E-state index in [1.54, 1.807) is 36.5 Å². The smallest absolute Gasteiger partial charge is 0.298 e. The van der Waals surface area contributed by atoms with Crippen LogP contribution < -0.4 is 15.1 Å². The zero-order valence-electron chi connectivity index (χ0n) is 11.6. The first kappa shape index (κ1) is 13.1. The van der Waals surface area contributed by atoms with Gasteiger partial charge < -0.3 is 9.57 Å². The second-order valence-electron chi connectivity index (χ2n) is 4.29. The van der Waals surface area contributed by atoms with Gasteiger partial charge in [-0.1, -0.05) is 12.1 Å². The number of methoxy groups -OCH3 is 1. The van der Waals surface area contributed by atoms with Crippen molar-refractivity contribution in [1.29, 1.82) is 0 Å². The molecule has 0 amide bonds. The molecule has 0 saturated carbocycles. The average Bonchev–Trinajstić information content (AvgIpc) is 2.54. The minimum absolute atomic E-state index is 0.333. The van der Waals surface area contributed by atoms with E-state index in [-0.39, 0.29) is 5.56 Å². The summed E-state index contributed by atoms with van der Waals surface area (Å²) in [4.78, 5) is 26.5. The molecule has 0 N–H and O–H groups in total. The highest BCUT2D eigenvalue weighted by Crippen LogP contribution is 2.23. The number of nitrogens with zero attached hydrogens (tertiary/aromatic N) is 3. The highest BCUT2D eigenvalue weighted by Gasteiger charge is 2.16. The Kier molecular flexibility index (Phi) is 3.27. The Morgan fingerprint density at radius 3 is 2.62 bits per heavy atom. The second-order valence-corrected chi connectivity index (χ2v) is 4.29. The Morgan fingerprint density at radius 2 is 1.95 bits per heavy atom. The number of pyridine rings is 1. The molecule has 0 atom stereocenters. The summed E-state index contributed by atoms with van der Waals surface area (Å²) in [6.45, 7) is 0. The minimum Gasteiger partial charge on any atom is -0.496 e. The Morgan fingerprint density at radius 1 is 1.10 bits per heavy atom. The van der Waals surface area contributed by atoms with Gasteiger partial charge in [-0.25, -0.2) is 4.98 Å². The number of hydrogen-bond donors (Lipinski definition) is 0. The summed E-state index contributed by atoms with van der Waals surface area (Å²) in [5.41, 5.74) is 0.759. The van der Waals surface area contributed by atoms with Gasteiger partial charge in [0.2, 0.25) is 0 Å². The van der Waals surface area contributed by atoms with E-state index in [0.29, 0.717) is 28.2 Å². The van der Waals surface area contributed by atoms with E-state index in [1.165, 1.54) is 14.2 Å². The lowest BCUT2D eigenvalue weighted by Gasteiger charge is -2.12. The maximum atomic E-state index is 12.6. The van der Waals surface area contributed by atoms with Crippen LogP contribution in [0, 0.1) is 0 Å². The number of fused-ring (bicyclic) bond motifs is 1. The van der Waals surface area contributed by atoms with Crippen LogP contribution in [0.1, 0.15) is 0 Å². The monoisotopic (exact) mass is 283 g/mol. The molecule has 21 heavy (non-hydrogen) atoms. The molecule has 0 fully saturated rings. The van der Waals surface area contributed by atoms with Crippen LogP contribution in [-0.2, 0) is 0 Å². The molecule has 1 aromatic carbocycles. The molecule has 2 heterocycles. The van der Waals surface area contributed by atoms with Gasteiger partial charge in [0.15, 0.2) is 5.82 Å². The summed E-state index contributed by atoms with van der Waals surface area (Å²) in [6, 6.07) is 10.6. The van der Waals surface area contributed by atoms with Crippen LogP contribution in [0.4, 0.5) is 0 Å². The highest BCUT2D eigenvalue weighted by molar-refractivity contribution is 5.85. The van der Waals surface area contributed by atoms with Crippen molar-refractivity contribution in [1.82, 2.24) is 14.7 Å². The van der Waals surface area contributed by atoms with Gasteiger partial charge in [0, 0.05) is 6.20 Å². The van der Waals surface area contributed by atoms with Crippen molar-refractivity contribution in [2.24, 2.45) is 0 Å². The number of aromatic nitrogens is 3. The van der Waals surface area contributed by atoms with Crippen molar-refractivity contribution in [2.75, 3.05) is 14.2 Å². The number of hydrogen-bond acceptors (Lipinski definition) is 5. The quantitative estimate of drug-likeness (QED) is 0.729. The van der Waals surface area contributed by atoms with E-state index in [0.717, 1.165) is 4.73 Å². The summed E-state index contributed by atoms with van der Waals surface area (Å²) in [5, 5.41) is 0.376. The van der Waals surface area contributed by atoms with Crippen molar-refractivity contribution in [2.45, 2.75) is 0 Å². The standard InChI is InChI=1S/C15H13N3O3/c1-20-12-8-5-7-10-13(12)15(19)18(21-2)14(17-10)11-6-3-4-9-16-11/h3-9H,1-2H3. The maximum absolute atomic E-state index is 12.6. The lowest BCUT2D eigenvalue weighted by Crippen LogP contribution is -2.28. The molecule has 0 spiro atoms. The lowest BCUT2D eigenvalue weighted by molar-refractivity contribution is 0.160. The fourth-order valence-electron chi connectivity index (χ4n) is 2.18. The Labute approximate surface area is 120 Å². The van der Waals surface area contributed by atoms with Crippen LogP contribution in [0.5, 0.6) is 5.75 Å². The number of benzene rings is 1. The van der Waals surface area contributed by atoms with Gasteiger partial charge in [-0.3, -0.25) is 9.78 Å². The van der Waals surface area contributed by atoms with Crippen LogP contribution in [0.25, 0.3) is 22.4 Å². The summed E-state index contributed by atoms with van der Waals surface area (Å²) in [5.74, 6) is 0.812. The Balaban J connectivity index is 2.40. The largest absolute Gasteiger partial charge is 0.496 e. The van der Waals surface area contributed by atoms with Crippen LogP contribution in [-0.4, -0.2) is 28.9 Å². The molecule has 0 radical (unpaired) electrons. The molecule has 3 aromatic rings. The molecule has 0 aliphatic carbocycles. The first-order chi connectivity index (χ1) is 10.3. The molecule has 106 valence electrons. The summed E-state index contributed by atoms with van der Waals surface area (Å²) >= 11 is 0. The molecule has 0 unspecified atom stereocenters. The summed E-state index contributed by atoms with van der Waals surface area (Å²) in [7, 11) is 2.93. The first-order valence-electron chi connectivity index (χ1n) is 6.32. The predicted molar refractivity (Wildman–Crippen MR) is 78.3 cm³/mol. The topological polar surface area (TPSA) is 66.2 Å². The molecular formula is C15H13N3O3. The van der Waals surface area contributed by atoms with E-state index < -0.39 is 0 Å². The maximum Gasteiger partial charge on any atom is 0.298 e. The highest BCUT2D eigenvalue weighted by atomic mass is 16.7. The Bertz CT molecular complexity index is 844. The summed E-state index contributed by atoms with van der Waals surface area (Å²) in [6.07, 6.45) is 1.64. The fraction of sp³-hybridized carbons (Fsp3) is 0.133. The molecule has 6 heteroatoms. The molecule has 2 aromatic heterocycles. The fourth-order valence-corrected chi connectivity index (χ4v) is 2.18. The van der Waals surface area contributed by atoms with Crippen LogP contribution in [0.15, 0.2) is 47.4 Å². The molecule has 0 aliphatic heterocycles.